The van der Waals surface area contributed by atoms with Crippen molar-refractivity contribution in [3.8, 4) is 0 Å². The summed E-state index contributed by atoms with van der Waals surface area (Å²) in [6.45, 7) is 9.83. The summed E-state index contributed by atoms with van der Waals surface area (Å²) in [6, 6.07) is 6.58. The Labute approximate surface area is 95.2 Å². The maximum absolute atomic E-state index is 3.52. The summed E-state index contributed by atoms with van der Waals surface area (Å²) >= 11 is 3.52. The molecule has 0 fully saturated rings. The van der Waals surface area contributed by atoms with Gasteiger partial charge in [-0.2, -0.15) is 0 Å². The second-order valence-corrected chi connectivity index (χ2v) is 4.40. The van der Waals surface area contributed by atoms with Crippen LogP contribution in [-0.4, -0.2) is 18.0 Å². The number of aryl methyl sites for hydroxylation is 1. The van der Waals surface area contributed by atoms with Crippen molar-refractivity contribution in [1.29, 1.82) is 0 Å². The SMILES string of the molecule is CCN(CC)Cc1ccc(Br)c(C)c1. The fourth-order valence-corrected chi connectivity index (χ4v) is 1.76. The van der Waals surface area contributed by atoms with Crippen molar-refractivity contribution in [2.45, 2.75) is 27.3 Å². The van der Waals surface area contributed by atoms with Gasteiger partial charge in [-0.25, -0.2) is 0 Å². The zero-order chi connectivity index (χ0) is 10.6. The molecule has 14 heavy (non-hydrogen) atoms. The van der Waals surface area contributed by atoms with E-state index in [1.165, 1.54) is 15.6 Å². The van der Waals surface area contributed by atoms with Gasteiger partial charge >= 0.3 is 0 Å². The molecule has 1 rings (SSSR count). The van der Waals surface area contributed by atoms with E-state index in [0.717, 1.165) is 19.6 Å². The molecule has 1 aromatic carbocycles. The molecular formula is C12H18BrN. The molecule has 0 saturated heterocycles. The van der Waals surface area contributed by atoms with Crippen LogP contribution in [0.2, 0.25) is 0 Å². The molecule has 0 atom stereocenters. The molecule has 0 radical (unpaired) electrons. The van der Waals surface area contributed by atoms with Gasteiger partial charge in [0.2, 0.25) is 0 Å². The fraction of sp³-hybridized carbons (Fsp3) is 0.500. The number of hydrogen-bond donors (Lipinski definition) is 0. The zero-order valence-corrected chi connectivity index (χ0v) is 10.8. The molecule has 2 heteroatoms. The molecule has 0 aliphatic heterocycles. The number of rotatable bonds is 4. The molecule has 0 spiro atoms. The van der Waals surface area contributed by atoms with Crippen molar-refractivity contribution in [2.75, 3.05) is 13.1 Å². The molecule has 0 aliphatic rings. The van der Waals surface area contributed by atoms with Crippen molar-refractivity contribution in [1.82, 2.24) is 4.90 Å². The van der Waals surface area contributed by atoms with Crippen LogP contribution in [0.5, 0.6) is 0 Å². The smallest absolute Gasteiger partial charge is 0.0233 e. The molecule has 0 aromatic heterocycles. The lowest BCUT2D eigenvalue weighted by Crippen LogP contribution is -2.22. The first kappa shape index (κ1) is 11.7. The molecule has 0 saturated carbocycles. The Morgan fingerprint density at radius 2 is 1.86 bits per heavy atom. The van der Waals surface area contributed by atoms with Crippen LogP contribution in [0.25, 0.3) is 0 Å². The number of nitrogens with zero attached hydrogens (tertiary/aromatic N) is 1. The highest BCUT2D eigenvalue weighted by atomic mass is 79.9. The summed E-state index contributed by atoms with van der Waals surface area (Å²) in [4.78, 5) is 2.42. The second-order valence-electron chi connectivity index (χ2n) is 3.54. The molecule has 0 N–H and O–H groups in total. The Hall–Kier alpha value is -0.340. The van der Waals surface area contributed by atoms with Crippen LogP contribution in [0.1, 0.15) is 25.0 Å². The lowest BCUT2D eigenvalue weighted by molar-refractivity contribution is 0.296. The van der Waals surface area contributed by atoms with E-state index in [9.17, 15) is 0 Å². The van der Waals surface area contributed by atoms with E-state index in [0.29, 0.717) is 0 Å². The molecule has 78 valence electrons. The zero-order valence-electron chi connectivity index (χ0n) is 9.18. The predicted octanol–water partition coefficient (Wildman–Crippen LogP) is 3.60. The summed E-state index contributed by atoms with van der Waals surface area (Å²) in [5.74, 6) is 0. The first-order valence-electron chi connectivity index (χ1n) is 5.14. The lowest BCUT2D eigenvalue weighted by atomic mass is 10.1. The lowest BCUT2D eigenvalue weighted by Gasteiger charge is -2.18. The molecule has 0 bridgehead atoms. The molecule has 1 aromatic rings. The topological polar surface area (TPSA) is 3.24 Å². The highest BCUT2D eigenvalue weighted by Gasteiger charge is 2.02. The van der Waals surface area contributed by atoms with Crippen LogP contribution >= 0.6 is 15.9 Å². The molecule has 1 nitrogen and oxygen atoms in total. The van der Waals surface area contributed by atoms with Gasteiger partial charge in [0.1, 0.15) is 0 Å². The molecule has 0 aliphatic carbocycles. The van der Waals surface area contributed by atoms with E-state index in [4.69, 9.17) is 0 Å². The standard InChI is InChI=1S/C12H18BrN/c1-4-14(5-2)9-11-6-7-12(13)10(3)8-11/h6-8H,4-5,9H2,1-3H3. The van der Waals surface area contributed by atoms with Gasteiger partial charge in [-0.1, -0.05) is 41.9 Å². The van der Waals surface area contributed by atoms with E-state index in [-0.39, 0.29) is 0 Å². The third kappa shape index (κ3) is 3.10. The van der Waals surface area contributed by atoms with E-state index < -0.39 is 0 Å². The van der Waals surface area contributed by atoms with Crippen molar-refractivity contribution in [2.24, 2.45) is 0 Å². The summed E-state index contributed by atoms with van der Waals surface area (Å²) in [7, 11) is 0. The normalized spacial score (nSPS) is 10.9. The van der Waals surface area contributed by atoms with Gasteiger partial charge in [-0.3, -0.25) is 4.90 Å². The van der Waals surface area contributed by atoms with Gasteiger partial charge in [0.05, 0.1) is 0 Å². The minimum absolute atomic E-state index is 1.06. The molecule has 0 unspecified atom stereocenters. The van der Waals surface area contributed by atoms with Crippen molar-refractivity contribution < 1.29 is 0 Å². The first-order valence-corrected chi connectivity index (χ1v) is 5.94. The average Bonchev–Trinajstić information content (AvgIpc) is 2.19. The van der Waals surface area contributed by atoms with Crippen LogP contribution in [0, 0.1) is 6.92 Å². The van der Waals surface area contributed by atoms with Gasteiger partial charge in [-0.15, -0.1) is 0 Å². The third-order valence-electron chi connectivity index (χ3n) is 2.52. The highest BCUT2D eigenvalue weighted by Crippen LogP contribution is 2.17. The van der Waals surface area contributed by atoms with Crippen LogP contribution in [0.3, 0.4) is 0 Å². The van der Waals surface area contributed by atoms with Gasteiger partial charge in [0.25, 0.3) is 0 Å². The van der Waals surface area contributed by atoms with Gasteiger partial charge in [-0.05, 0) is 37.2 Å². The summed E-state index contributed by atoms with van der Waals surface area (Å²) in [6.07, 6.45) is 0. The molecular weight excluding hydrogens is 238 g/mol. The van der Waals surface area contributed by atoms with Crippen LogP contribution in [-0.2, 0) is 6.54 Å². The van der Waals surface area contributed by atoms with Gasteiger partial charge in [0.15, 0.2) is 0 Å². The Bertz CT molecular complexity index is 292. The van der Waals surface area contributed by atoms with Crippen molar-refractivity contribution in [3.63, 3.8) is 0 Å². The van der Waals surface area contributed by atoms with Crippen molar-refractivity contribution in [3.05, 3.63) is 33.8 Å². The highest BCUT2D eigenvalue weighted by molar-refractivity contribution is 9.10. The van der Waals surface area contributed by atoms with Crippen LogP contribution < -0.4 is 0 Å². The Balaban J connectivity index is 2.72. The predicted molar refractivity (Wildman–Crippen MR) is 65.5 cm³/mol. The summed E-state index contributed by atoms with van der Waals surface area (Å²) in [5.41, 5.74) is 2.71. The van der Waals surface area contributed by atoms with E-state index >= 15 is 0 Å². The van der Waals surface area contributed by atoms with Crippen molar-refractivity contribution >= 4 is 15.9 Å². The number of halogens is 1. The second kappa shape index (κ2) is 5.52. The Kier molecular flexibility index (Phi) is 4.63. The maximum Gasteiger partial charge on any atom is 0.0233 e. The Morgan fingerprint density at radius 1 is 1.21 bits per heavy atom. The van der Waals surface area contributed by atoms with Crippen LogP contribution in [0.4, 0.5) is 0 Å². The van der Waals surface area contributed by atoms with Gasteiger partial charge in [0, 0.05) is 11.0 Å². The third-order valence-corrected chi connectivity index (χ3v) is 3.41. The first-order chi connectivity index (χ1) is 6.67. The quantitative estimate of drug-likeness (QED) is 0.795. The van der Waals surface area contributed by atoms with E-state index in [2.05, 4.69) is 59.8 Å². The Morgan fingerprint density at radius 3 is 2.36 bits per heavy atom. The minimum Gasteiger partial charge on any atom is -0.300 e. The number of hydrogen-bond acceptors (Lipinski definition) is 1. The molecule has 0 amide bonds. The van der Waals surface area contributed by atoms with E-state index in [1.54, 1.807) is 0 Å². The largest absolute Gasteiger partial charge is 0.300 e. The minimum atomic E-state index is 1.06. The van der Waals surface area contributed by atoms with Gasteiger partial charge < -0.3 is 0 Å². The monoisotopic (exact) mass is 255 g/mol. The summed E-state index contributed by atoms with van der Waals surface area (Å²) in [5, 5.41) is 0. The maximum atomic E-state index is 3.52. The average molecular weight is 256 g/mol. The number of benzene rings is 1. The van der Waals surface area contributed by atoms with E-state index in [1.807, 2.05) is 0 Å². The van der Waals surface area contributed by atoms with Crippen LogP contribution in [0.15, 0.2) is 22.7 Å². The molecule has 0 heterocycles. The fourth-order valence-electron chi connectivity index (χ4n) is 1.51. The summed E-state index contributed by atoms with van der Waals surface area (Å²) < 4.78 is 1.20.